The van der Waals surface area contributed by atoms with Crippen LogP contribution in [0.25, 0.3) is 0 Å². The van der Waals surface area contributed by atoms with E-state index in [4.69, 9.17) is 5.11 Å². The lowest BCUT2D eigenvalue weighted by molar-refractivity contribution is -0.272. The number of aliphatic carboxylic acids is 1. The van der Waals surface area contributed by atoms with Crippen molar-refractivity contribution in [1.82, 2.24) is 0 Å². The molecule has 0 aromatic carbocycles. The Balaban J connectivity index is 3.11. The maximum absolute atomic E-state index is 14.1. The first-order valence-electron chi connectivity index (χ1n) is 7.25. The first kappa shape index (κ1) is 23.8. The van der Waals surface area contributed by atoms with Crippen molar-refractivity contribution in [2.24, 2.45) is 0 Å². The summed E-state index contributed by atoms with van der Waals surface area (Å²) in [7, 11) is 0. The highest BCUT2D eigenvalue weighted by Crippen LogP contribution is 2.55. The Hall–Kier alpha value is -1.21. The number of alkyl halides is 9. The third kappa shape index (κ3) is 5.19. The highest BCUT2D eigenvalue weighted by Gasteiger charge is 2.74. The van der Waals surface area contributed by atoms with Crippen LogP contribution in [0.3, 0.4) is 0 Å². The van der Waals surface area contributed by atoms with E-state index in [1.165, 1.54) is 0 Å². The quantitative estimate of drug-likeness (QED) is 0.253. The van der Waals surface area contributed by atoms with E-state index < -0.39 is 63.9 Å². The number of halogens is 10. The zero-order chi connectivity index (χ0) is 21.3. The minimum absolute atomic E-state index is 0.217. The Morgan fingerprint density at radius 3 is 2.04 bits per heavy atom. The molecule has 27 heavy (non-hydrogen) atoms. The molecule has 0 bridgehead atoms. The molecule has 0 saturated heterocycles. The van der Waals surface area contributed by atoms with Crippen molar-refractivity contribution in [2.75, 3.05) is 0 Å². The lowest BCUT2D eigenvalue weighted by Crippen LogP contribution is -2.57. The third-order valence-corrected chi connectivity index (χ3v) is 4.60. The van der Waals surface area contributed by atoms with Crippen LogP contribution in [-0.2, 0) is 4.79 Å². The molecule has 0 amide bonds. The molecule has 1 aliphatic rings. The van der Waals surface area contributed by atoms with E-state index in [0.29, 0.717) is 0 Å². The highest BCUT2D eigenvalue weighted by atomic mass is 127. The Bertz CT molecular complexity index is 674. The van der Waals surface area contributed by atoms with Crippen molar-refractivity contribution in [3.05, 3.63) is 33.0 Å². The van der Waals surface area contributed by atoms with Gasteiger partial charge in [-0.3, -0.25) is 0 Å². The van der Waals surface area contributed by atoms with Gasteiger partial charge in [-0.15, -0.1) is 0 Å². The Kier molecular flexibility index (Phi) is 7.09. The van der Waals surface area contributed by atoms with Crippen molar-refractivity contribution < 1.29 is 49.4 Å². The summed E-state index contributed by atoms with van der Waals surface area (Å²) in [5.74, 6) is -7.79. The molecular weight excluding hydrogens is 510 g/mol. The summed E-state index contributed by atoms with van der Waals surface area (Å²) in [6, 6.07) is 0. The molecule has 0 saturated carbocycles. The summed E-state index contributed by atoms with van der Waals surface area (Å²) >= 11 is 1.12. The fraction of sp³-hybridized carbons (Fsp3) is 0.533. The van der Waals surface area contributed by atoms with Crippen LogP contribution in [0.1, 0.15) is 25.7 Å². The molecule has 0 heterocycles. The second kappa shape index (κ2) is 8.03. The fourth-order valence-corrected chi connectivity index (χ4v) is 3.29. The van der Waals surface area contributed by atoms with Crippen molar-refractivity contribution in [3.8, 4) is 0 Å². The summed E-state index contributed by atoms with van der Waals surface area (Å²) in [6.07, 6.45) is -10.8. The van der Waals surface area contributed by atoms with Crippen molar-refractivity contribution in [3.63, 3.8) is 0 Å². The molecule has 1 atom stereocenters. The lowest BCUT2D eigenvalue weighted by Gasteiger charge is -2.37. The Morgan fingerprint density at radius 1 is 1.07 bits per heavy atom. The second-order valence-electron chi connectivity index (χ2n) is 5.60. The standard InChI is InChI=1S/C15H12F9IO2/c16-12(15(22,23)24)7-9(25)8(10(11(26)27)14(12,20)21)5-3-1-2-4-6-13(17,18)19/h1-2,7H,3-6H2,(H,26,27). The van der Waals surface area contributed by atoms with Gasteiger partial charge < -0.3 is 5.11 Å². The number of carboxylic acids is 1. The van der Waals surface area contributed by atoms with Gasteiger partial charge in [-0.2, -0.15) is 35.1 Å². The number of carbonyl (C=O) groups is 1. The molecule has 2 nitrogen and oxygen atoms in total. The first-order valence-corrected chi connectivity index (χ1v) is 8.33. The van der Waals surface area contributed by atoms with Gasteiger partial charge in [-0.05, 0) is 53.5 Å². The molecule has 154 valence electrons. The number of hydrogen-bond acceptors (Lipinski definition) is 1. The molecule has 0 fully saturated rings. The minimum atomic E-state index is -6.06. The average Bonchev–Trinajstić information content (AvgIpc) is 2.44. The van der Waals surface area contributed by atoms with Gasteiger partial charge in [0.05, 0.1) is 0 Å². The molecule has 1 aliphatic carbocycles. The minimum Gasteiger partial charge on any atom is -0.478 e. The number of hydrogen-bond donors (Lipinski definition) is 1. The highest BCUT2D eigenvalue weighted by molar-refractivity contribution is 14.1. The summed E-state index contributed by atoms with van der Waals surface area (Å²) < 4.78 is 116. The van der Waals surface area contributed by atoms with E-state index in [0.717, 1.165) is 34.7 Å². The van der Waals surface area contributed by atoms with Crippen LogP contribution in [0, 0.1) is 0 Å². The number of carboxylic acid groups (broad SMARTS) is 1. The average molecular weight is 522 g/mol. The van der Waals surface area contributed by atoms with Gasteiger partial charge in [0.25, 0.3) is 5.67 Å². The van der Waals surface area contributed by atoms with Gasteiger partial charge in [-0.1, -0.05) is 12.2 Å². The van der Waals surface area contributed by atoms with Gasteiger partial charge in [0.1, 0.15) is 5.57 Å². The van der Waals surface area contributed by atoms with E-state index >= 15 is 0 Å². The van der Waals surface area contributed by atoms with Gasteiger partial charge in [0.15, 0.2) is 0 Å². The lowest BCUT2D eigenvalue weighted by atomic mass is 9.81. The maximum atomic E-state index is 14.1. The third-order valence-electron chi connectivity index (χ3n) is 3.64. The normalized spacial score (nSPS) is 23.7. The van der Waals surface area contributed by atoms with Crippen LogP contribution in [0.5, 0.6) is 0 Å². The van der Waals surface area contributed by atoms with Crippen LogP contribution in [0.2, 0.25) is 0 Å². The summed E-state index contributed by atoms with van der Waals surface area (Å²) in [4.78, 5) is 11.1. The van der Waals surface area contributed by atoms with Crippen molar-refractivity contribution in [2.45, 2.75) is 49.6 Å². The van der Waals surface area contributed by atoms with E-state index in [-0.39, 0.29) is 12.5 Å². The van der Waals surface area contributed by atoms with Crippen LogP contribution >= 0.6 is 22.6 Å². The SMILES string of the molecule is O=C(O)C1=C(CCC=CCCC(F)(F)F)C(I)=CC(F)(C(F)(F)F)C1(F)F. The van der Waals surface area contributed by atoms with Crippen LogP contribution in [0.4, 0.5) is 39.5 Å². The van der Waals surface area contributed by atoms with Gasteiger partial charge in [0, 0.05) is 10.0 Å². The molecule has 1 N–H and O–H groups in total. The van der Waals surface area contributed by atoms with E-state index in [2.05, 4.69) is 0 Å². The molecule has 0 aliphatic heterocycles. The molecule has 0 aromatic heterocycles. The second-order valence-corrected chi connectivity index (χ2v) is 6.76. The van der Waals surface area contributed by atoms with Crippen LogP contribution in [0.15, 0.2) is 33.0 Å². The molecule has 0 radical (unpaired) electrons. The maximum Gasteiger partial charge on any atom is 0.432 e. The first-order chi connectivity index (χ1) is 12.0. The van der Waals surface area contributed by atoms with Gasteiger partial charge in [0.2, 0.25) is 0 Å². The van der Waals surface area contributed by atoms with Crippen LogP contribution in [-0.4, -0.2) is 35.0 Å². The largest absolute Gasteiger partial charge is 0.478 e. The van der Waals surface area contributed by atoms with Crippen LogP contribution < -0.4 is 0 Å². The summed E-state index contributed by atoms with van der Waals surface area (Å²) in [5.41, 5.74) is -7.90. The summed E-state index contributed by atoms with van der Waals surface area (Å²) in [5, 5.41) is 8.94. The van der Waals surface area contributed by atoms with Crippen molar-refractivity contribution >= 4 is 28.6 Å². The molecule has 0 aromatic rings. The smallest absolute Gasteiger partial charge is 0.432 e. The zero-order valence-corrected chi connectivity index (χ0v) is 15.4. The zero-order valence-electron chi connectivity index (χ0n) is 13.2. The van der Waals surface area contributed by atoms with Crippen molar-refractivity contribution in [1.29, 1.82) is 0 Å². The number of rotatable bonds is 6. The molecular formula is C15H12F9IO2. The Morgan fingerprint density at radius 2 is 1.59 bits per heavy atom. The van der Waals surface area contributed by atoms with E-state index in [1.807, 2.05) is 0 Å². The topological polar surface area (TPSA) is 37.3 Å². The molecule has 1 rings (SSSR count). The predicted octanol–water partition coefficient (Wildman–Crippen LogP) is 6.28. The Labute approximate surface area is 160 Å². The molecule has 1 unspecified atom stereocenters. The van der Waals surface area contributed by atoms with Gasteiger partial charge in [-0.25, -0.2) is 9.18 Å². The van der Waals surface area contributed by atoms with E-state index in [1.54, 1.807) is 0 Å². The predicted molar refractivity (Wildman–Crippen MR) is 85.3 cm³/mol. The van der Waals surface area contributed by atoms with Gasteiger partial charge >= 0.3 is 24.2 Å². The monoisotopic (exact) mass is 522 g/mol. The molecule has 12 heteroatoms. The molecule has 0 spiro atoms. The number of allylic oxidation sites excluding steroid dienone is 5. The fourth-order valence-electron chi connectivity index (χ4n) is 2.32. The summed E-state index contributed by atoms with van der Waals surface area (Å²) in [6.45, 7) is 0. The van der Waals surface area contributed by atoms with E-state index in [9.17, 15) is 44.3 Å².